The van der Waals surface area contributed by atoms with Gasteiger partial charge in [0.1, 0.15) is 12.4 Å². The predicted octanol–water partition coefficient (Wildman–Crippen LogP) is 7.94. The minimum absolute atomic E-state index is 0.601. The van der Waals surface area contributed by atoms with Crippen LogP contribution < -0.4 is 10.5 Å². The van der Waals surface area contributed by atoms with E-state index in [2.05, 4.69) is 73.7 Å². The van der Waals surface area contributed by atoms with E-state index < -0.39 is 0 Å². The summed E-state index contributed by atoms with van der Waals surface area (Å²) in [5, 5.41) is 2.46. The summed E-state index contributed by atoms with van der Waals surface area (Å²) in [6.07, 6.45) is 9.50. The Bertz CT molecular complexity index is 1410. The van der Waals surface area contributed by atoms with Crippen LogP contribution in [-0.2, 0) is 12.8 Å². The molecular formula is C32H31NO. The van der Waals surface area contributed by atoms with Crippen LogP contribution in [0.2, 0.25) is 0 Å². The van der Waals surface area contributed by atoms with Crippen LogP contribution in [0.1, 0.15) is 60.4 Å². The van der Waals surface area contributed by atoms with E-state index in [0.29, 0.717) is 6.61 Å². The standard InChI is InChI=1S/C32H31NO/c1-2-3-4-5-8-21-11-13-22(14-12-21)26-17-18-34-32-28-10-7-6-9-27(28)30-25-16-15-24(33)19-23(25)20-29(30)31(26)32/h6-7,9-17,19H,2-5,8,18,20,33H2,1H3. The highest BCUT2D eigenvalue weighted by molar-refractivity contribution is 6.09. The van der Waals surface area contributed by atoms with E-state index in [-0.39, 0.29) is 0 Å². The first-order valence-corrected chi connectivity index (χ1v) is 12.6. The van der Waals surface area contributed by atoms with Crippen molar-refractivity contribution in [3.8, 4) is 16.9 Å². The molecule has 1 aliphatic carbocycles. The normalized spacial score (nSPS) is 13.7. The van der Waals surface area contributed by atoms with Crippen molar-refractivity contribution >= 4 is 22.0 Å². The molecule has 6 rings (SSSR count). The Hall–Kier alpha value is -3.52. The number of aryl methyl sites for hydroxylation is 1. The molecule has 2 aliphatic rings. The first-order chi connectivity index (χ1) is 16.7. The molecule has 1 heterocycles. The molecule has 170 valence electrons. The van der Waals surface area contributed by atoms with Gasteiger partial charge in [-0.05, 0) is 81.8 Å². The summed E-state index contributed by atoms with van der Waals surface area (Å²) in [5.41, 5.74) is 17.6. The minimum Gasteiger partial charge on any atom is -0.488 e. The molecule has 0 aromatic heterocycles. The van der Waals surface area contributed by atoms with Crippen LogP contribution in [0.5, 0.6) is 5.75 Å². The van der Waals surface area contributed by atoms with Gasteiger partial charge in [-0.2, -0.15) is 0 Å². The summed E-state index contributed by atoms with van der Waals surface area (Å²) in [4.78, 5) is 0. The average Bonchev–Trinajstić information content (AvgIpc) is 3.25. The third-order valence-corrected chi connectivity index (χ3v) is 7.41. The highest BCUT2D eigenvalue weighted by Gasteiger charge is 2.30. The van der Waals surface area contributed by atoms with Gasteiger partial charge in [0.2, 0.25) is 0 Å². The molecule has 0 saturated carbocycles. The molecule has 0 saturated heterocycles. The number of hydrogen-bond donors (Lipinski definition) is 1. The Kier molecular flexibility index (Phi) is 5.37. The van der Waals surface area contributed by atoms with Gasteiger partial charge in [-0.3, -0.25) is 0 Å². The third kappa shape index (κ3) is 3.49. The number of nitrogens with two attached hydrogens (primary N) is 1. The maximum Gasteiger partial charge on any atom is 0.135 e. The highest BCUT2D eigenvalue weighted by Crippen LogP contribution is 2.51. The van der Waals surface area contributed by atoms with E-state index in [1.54, 1.807) is 0 Å². The lowest BCUT2D eigenvalue weighted by Crippen LogP contribution is -2.09. The largest absolute Gasteiger partial charge is 0.488 e. The fourth-order valence-electron chi connectivity index (χ4n) is 5.75. The zero-order chi connectivity index (χ0) is 23.1. The summed E-state index contributed by atoms with van der Waals surface area (Å²) in [6, 6.07) is 24.3. The molecule has 4 aromatic rings. The van der Waals surface area contributed by atoms with Gasteiger partial charge in [-0.1, -0.05) is 80.8 Å². The fraction of sp³-hybridized carbons (Fsp3) is 0.250. The van der Waals surface area contributed by atoms with Crippen LogP contribution in [0.15, 0.2) is 72.8 Å². The van der Waals surface area contributed by atoms with Gasteiger partial charge in [0.25, 0.3) is 0 Å². The number of nitrogen functional groups attached to an aromatic ring is 1. The van der Waals surface area contributed by atoms with Gasteiger partial charge >= 0.3 is 0 Å². The van der Waals surface area contributed by atoms with E-state index >= 15 is 0 Å². The first-order valence-electron chi connectivity index (χ1n) is 12.6. The average molecular weight is 446 g/mol. The molecule has 2 nitrogen and oxygen atoms in total. The molecule has 0 spiro atoms. The monoisotopic (exact) mass is 445 g/mol. The Balaban J connectivity index is 1.46. The molecule has 0 unspecified atom stereocenters. The Morgan fingerprint density at radius 2 is 1.68 bits per heavy atom. The Morgan fingerprint density at radius 3 is 2.50 bits per heavy atom. The second-order valence-corrected chi connectivity index (χ2v) is 9.63. The van der Waals surface area contributed by atoms with Crippen LogP contribution in [0.3, 0.4) is 0 Å². The molecule has 0 amide bonds. The summed E-state index contributed by atoms with van der Waals surface area (Å²) in [5.74, 6) is 1.02. The topological polar surface area (TPSA) is 35.2 Å². The van der Waals surface area contributed by atoms with Crippen molar-refractivity contribution in [1.82, 2.24) is 0 Å². The Labute approximate surface area is 202 Å². The van der Waals surface area contributed by atoms with E-state index in [0.717, 1.165) is 24.3 Å². The van der Waals surface area contributed by atoms with Crippen molar-refractivity contribution in [2.24, 2.45) is 0 Å². The number of unbranched alkanes of at least 4 members (excludes halogenated alkanes) is 3. The summed E-state index contributed by atoms with van der Waals surface area (Å²) in [7, 11) is 0. The SMILES string of the molecule is CCCCCCc1ccc(C2=CCOc3c2c2c(c4ccccc34)-c3ccc(N)cc3C2)cc1. The van der Waals surface area contributed by atoms with E-state index in [1.807, 2.05) is 6.07 Å². The van der Waals surface area contributed by atoms with Gasteiger partial charge in [0.15, 0.2) is 0 Å². The van der Waals surface area contributed by atoms with Gasteiger partial charge < -0.3 is 10.5 Å². The smallest absolute Gasteiger partial charge is 0.135 e. The number of rotatable bonds is 6. The molecular weight excluding hydrogens is 414 g/mol. The van der Waals surface area contributed by atoms with Crippen molar-refractivity contribution in [2.45, 2.75) is 45.4 Å². The Morgan fingerprint density at radius 1 is 0.853 bits per heavy atom. The van der Waals surface area contributed by atoms with Crippen molar-refractivity contribution in [2.75, 3.05) is 12.3 Å². The van der Waals surface area contributed by atoms with Crippen molar-refractivity contribution in [1.29, 1.82) is 0 Å². The predicted molar refractivity (Wildman–Crippen MR) is 143 cm³/mol. The van der Waals surface area contributed by atoms with Crippen LogP contribution in [0.4, 0.5) is 5.69 Å². The first kappa shape index (κ1) is 21.0. The van der Waals surface area contributed by atoms with Crippen molar-refractivity contribution in [3.63, 3.8) is 0 Å². The number of hydrogen-bond acceptors (Lipinski definition) is 2. The lowest BCUT2D eigenvalue weighted by molar-refractivity contribution is 0.361. The summed E-state index contributed by atoms with van der Waals surface area (Å²) >= 11 is 0. The molecule has 2 heteroatoms. The second kappa shape index (κ2) is 8.68. The van der Waals surface area contributed by atoms with Gasteiger partial charge in [-0.25, -0.2) is 0 Å². The summed E-state index contributed by atoms with van der Waals surface area (Å²) < 4.78 is 6.34. The molecule has 34 heavy (non-hydrogen) atoms. The lowest BCUT2D eigenvalue weighted by Gasteiger charge is -2.25. The third-order valence-electron chi connectivity index (χ3n) is 7.41. The molecule has 1 aliphatic heterocycles. The molecule has 4 aromatic carbocycles. The van der Waals surface area contributed by atoms with Crippen LogP contribution >= 0.6 is 0 Å². The van der Waals surface area contributed by atoms with E-state index in [9.17, 15) is 0 Å². The van der Waals surface area contributed by atoms with Gasteiger partial charge in [-0.15, -0.1) is 0 Å². The van der Waals surface area contributed by atoms with Crippen LogP contribution in [-0.4, -0.2) is 6.61 Å². The number of anilines is 1. The minimum atomic E-state index is 0.601. The van der Waals surface area contributed by atoms with Crippen LogP contribution in [0, 0.1) is 0 Å². The molecule has 0 fully saturated rings. The second-order valence-electron chi connectivity index (χ2n) is 9.63. The van der Waals surface area contributed by atoms with Gasteiger partial charge in [0.05, 0.1) is 0 Å². The quantitative estimate of drug-likeness (QED) is 0.213. The van der Waals surface area contributed by atoms with E-state index in [1.165, 1.54) is 81.0 Å². The number of fused-ring (bicyclic) bond motifs is 8. The van der Waals surface area contributed by atoms with E-state index in [4.69, 9.17) is 10.5 Å². The number of ether oxygens (including phenoxy) is 1. The molecule has 0 atom stereocenters. The van der Waals surface area contributed by atoms with Gasteiger partial charge in [0, 0.05) is 16.6 Å². The van der Waals surface area contributed by atoms with Crippen molar-refractivity contribution < 1.29 is 4.74 Å². The van der Waals surface area contributed by atoms with Crippen LogP contribution in [0.25, 0.3) is 27.5 Å². The molecule has 0 bridgehead atoms. The fourth-order valence-corrected chi connectivity index (χ4v) is 5.75. The molecule has 2 N–H and O–H groups in total. The zero-order valence-corrected chi connectivity index (χ0v) is 19.9. The highest BCUT2D eigenvalue weighted by atomic mass is 16.5. The number of benzene rings is 4. The molecule has 0 radical (unpaired) electrons. The maximum atomic E-state index is 6.34. The summed E-state index contributed by atoms with van der Waals surface area (Å²) in [6.45, 7) is 2.87. The zero-order valence-electron chi connectivity index (χ0n) is 19.9. The van der Waals surface area contributed by atoms with Crippen molar-refractivity contribution in [3.05, 3.63) is 101 Å². The lowest BCUT2D eigenvalue weighted by atomic mass is 9.85. The maximum absolute atomic E-state index is 6.34.